The molecule has 0 radical (unpaired) electrons. The Morgan fingerprint density at radius 1 is 0.947 bits per heavy atom. The molecule has 1 atom stereocenters. The molecule has 1 unspecified atom stereocenters. The van der Waals surface area contributed by atoms with Crippen LogP contribution in [0.1, 0.15) is 18.1 Å². The van der Waals surface area contributed by atoms with Crippen LogP contribution in [0, 0.1) is 5.92 Å². The van der Waals surface area contributed by atoms with E-state index in [2.05, 4.69) is 12.1 Å². The third-order valence-electron chi connectivity index (χ3n) is 3.30. The molecule has 98 valence electrons. The van der Waals surface area contributed by atoms with Gasteiger partial charge in [-0.2, -0.15) is 0 Å². The van der Waals surface area contributed by atoms with E-state index >= 15 is 0 Å². The van der Waals surface area contributed by atoms with Gasteiger partial charge >= 0.3 is 0 Å². The zero-order valence-electron chi connectivity index (χ0n) is 11.0. The van der Waals surface area contributed by atoms with Crippen molar-refractivity contribution in [3.05, 3.63) is 70.7 Å². The molecule has 2 aromatic carbocycles. The first-order valence-corrected chi connectivity index (χ1v) is 6.82. The molecule has 0 N–H and O–H groups in total. The number of carbonyl (C=O) groups is 1. The smallest absolute Gasteiger partial charge is 0.133 e. The lowest BCUT2D eigenvalue weighted by Crippen LogP contribution is -2.17. The van der Waals surface area contributed by atoms with Gasteiger partial charge < -0.3 is 0 Å². The van der Waals surface area contributed by atoms with Gasteiger partial charge in [0.2, 0.25) is 0 Å². The van der Waals surface area contributed by atoms with Crippen molar-refractivity contribution in [3.8, 4) is 0 Å². The molecule has 0 aromatic heterocycles. The zero-order chi connectivity index (χ0) is 13.7. The van der Waals surface area contributed by atoms with E-state index in [1.165, 1.54) is 5.56 Å². The number of ketones is 1. The van der Waals surface area contributed by atoms with Gasteiger partial charge in [-0.25, -0.2) is 0 Å². The summed E-state index contributed by atoms with van der Waals surface area (Å²) in [6.45, 7) is 1.67. The number of hydrogen-bond acceptors (Lipinski definition) is 1. The summed E-state index contributed by atoms with van der Waals surface area (Å²) in [5, 5.41) is 0.728. The van der Waals surface area contributed by atoms with Crippen molar-refractivity contribution >= 4 is 17.4 Å². The quantitative estimate of drug-likeness (QED) is 0.792. The fourth-order valence-corrected chi connectivity index (χ4v) is 2.29. The van der Waals surface area contributed by atoms with E-state index < -0.39 is 0 Å². The van der Waals surface area contributed by atoms with Gasteiger partial charge in [0.1, 0.15) is 5.78 Å². The lowest BCUT2D eigenvalue weighted by atomic mass is 9.90. The molecule has 2 aromatic rings. The summed E-state index contributed by atoms with van der Waals surface area (Å²) in [4.78, 5) is 11.8. The fourth-order valence-electron chi connectivity index (χ4n) is 2.16. The van der Waals surface area contributed by atoms with Crippen LogP contribution in [0.4, 0.5) is 0 Å². The number of rotatable bonds is 5. The summed E-state index contributed by atoms with van der Waals surface area (Å²) >= 11 is 5.87. The van der Waals surface area contributed by atoms with E-state index in [9.17, 15) is 4.79 Å². The average molecular weight is 273 g/mol. The molecule has 0 aliphatic heterocycles. The summed E-state index contributed by atoms with van der Waals surface area (Å²) in [5.74, 6) is 0.266. The first kappa shape index (κ1) is 13.8. The molecule has 0 saturated carbocycles. The number of hydrogen-bond donors (Lipinski definition) is 0. The highest BCUT2D eigenvalue weighted by atomic mass is 35.5. The molecule has 2 heteroatoms. The van der Waals surface area contributed by atoms with Crippen molar-refractivity contribution in [1.82, 2.24) is 0 Å². The van der Waals surface area contributed by atoms with E-state index in [0.717, 1.165) is 23.4 Å². The van der Waals surface area contributed by atoms with Gasteiger partial charge in [0, 0.05) is 10.9 Å². The van der Waals surface area contributed by atoms with Crippen molar-refractivity contribution in [3.63, 3.8) is 0 Å². The Balaban J connectivity index is 2.08. The molecule has 0 saturated heterocycles. The third-order valence-corrected chi connectivity index (χ3v) is 3.55. The third kappa shape index (κ3) is 4.22. The molecular weight excluding hydrogens is 256 g/mol. The number of halogens is 1. The average Bonchev–Trinajstić information content (AvgIpc) is 2.41. The lowest BCUT2D eigenvalue weighted by molar-refractivity contribution is -0.120. The van der Waals surface area contributed by atoms with E-state index in [-0.39, 0.29) is 11.7 Å². The number of benzene rings is 2. The van der Waals surface area contributed by atoms with Gasteiger partial charge in [-0.1, -0.05) is 54.1 Å². The molecule has 0 aliphatic rings. The van der Waals surface area contributed by atoms with Gasteiger partial charge in [-0.05, 0) is 43.0 Å². The first-order valence-electron chi connectivity index (χ1n) is 6.44. The Morgan fingerprint density at radius 2 is 1.47 bits per heavy atom. The molecule has 0 amide bonds. The lowest BCUT2D eigenvalue weighted by Gasteiger charge is -2.14. The normalized spacial score (nSPS) is 12.1. The summed E-state index contributed by atoms with van der Waals surface area (Å²) in [7, 11) is 0. The highest BCUT2D eigenvalue weighted by molar-refractivity contribution is 6.30. The minimum absolute atomic E-state index is 0.0311. The fraction of sp³-hybridized carbons (Fsp3) is 0.235. The topological polar surface area (TPSA) is 17.1 Å². The van der Waals surface area contributed by atoms with Crippen LogP contribution in [0.15, 0.2) is 54.6 Å². The molecule has 2 rings (SSSR count). The van der Waals surface area contributed by atoms with Crippen LogP contribution in [-0.2, 0) is 17.6 Å². The SMILES string of the molecule is CC(=O)C(Cc1ccccc1)Cc1ccc(Cl)cc1. The highest BCUT2D eigenvalue weighted by Crippen LogP contribution is 2.17. The van der Waals surface area contributed by atoms with E-state index in [4.69, 9.17) is 11.6 Å². The Labute approximate surface area is 119 Å². The van der Waals surface area contributed by atoms with Gasteiger partial charge in [-0.3, -0.25) is 4.79 Å². The Hall–Kier alpha value is -1.60. The van der Waals surface area contributed by atoms with Crippen LogP contribution in [0.5, 0.6) is 0 Å². The van der Waals surface area contributed by atoms with Gasteiger partial charge in [0.25, 0.3) is 0 Å². The van der Waals surface area contributed by atoms with Crippen molar-refractivity contribution < 1.29 is 4.79 Å². The van der Waals surface area contributed by atoms with Crippen LogP contribution >= 0.6 is 11.6 Å². The summed E-state index contributed by atoms with van der Waals surface area (Å²) in [6.07, 6.45) is 1.56. The largest absolute Gasteiger partial charge is 0.300 e. The second kappa shape index (κ2) is 6.53. The second-order valence-electron chi connectivity index (χ2n) is 4.83. The first-order chi connectivity index (χ1) is 9.15. The van der Waals surface area contributed by atoms with Crippen molar-refractivity contribution in [2.75, 3.05) is 0 Å². The Bertz CT molecular complexity index is 531. The summed E-state index contributed by atoms with van der Waals surface area (Å²) in [6, 6.07) is 17.9. The van der Waals surface area contributed by atoms with E-state index in [0.29, 0.717) is 0 Å². The van der Waals surface area contributed by atoms with Gasteiger partial charge in [-0.15, -0.1) is 0 Å². The predicted molar refractivity (Wildman–Crippen MR) is 79.5 cm³/mol. The number of Topliss-reactive ketones (excluding diaryl/α,β-unsaturated/α-hetero) is 1. The van der Waals surface area contributed by atoms with E-state index in [1.807, 2.05) is 42.5 Å². The standard InChI is InChI=1S/C17H17ClO/c1-13(19)16(11-14-5-3-2-4-6-14)12-15-7-9-17(18)10-8-15/h2-10,16H,11-12H2,1H3. The maximum Gasteiger partial charge on any atom is 0.133 e. The molecule has 0 spiro atoms. The van der Waals surface area contributed by atoms with Crippen LogP contribution in [0.25, 0.3) is 0 Å². The predicted octanol–water partition coefficient (Wildman–Crippen LogP) is 4.33. The summed E-state index contributed by atoms with van der Waals surface area (Å²) < 4.78 is 0. The van der Waals surface area contributed by atoms with Crippen LogP contribution in [-0.4, -0.2) is 5.78 Å². The van der Waals surface area contributed by atoms with Gasteiger partial charge in [0.15, 0.2) is 0 Å². The summed E-state index contributed by atoms with van der Waals surface area (Å²) in [5.41, 5.74) is 2.36. The highest BCUT2D eigenvalue weighted by Gasteiger charge is 2.15. The van der Waals surface area contributed by atoms with Crippen LogP contribution < -0.4 is 0 Å². The minimum Gasteiger partial charge on any atom is -0.300 e. The van der Waals surface area contributed by atoms with Crippen molar-refractivity contribution in [2.45, 2.75) is 19.8 Å². The van der Waals surface area contributed by atoms with Crippen molar-refractivity contribution in [2.24, 2.45) is 5.92 Å². The second-order valence-corrected chi connectivity index (χ2v) is 5.26. The molecular formula is C17H17ClO. The number of carbonyl (C=O) groups excluding carboxylic acids is 1. The zero-order valence-corrected chi connectivity index (χ0v) is 11.7. The molecule has 1 nitrogen and oxygen atoms in total. The van der Waals surface area contributed by atoms with Crippen LogP contribution in [0.3, 0.4) is 0 Å². The Kier molecular flexibility index (Phi) is 4.75. The van der Waals surface area contributed by atoms with Gasteiger partial charge in [0.05, 0.1) is 0 Å². The van der Waals surface area contributed by atoms with Crippen molar-refractivity contribution in [1.29, 1.82) is 0 Å². The molecule has 19 heavy (non-hydrogen) atoms. The monoisotopic (exact) mass is 272 g/mol. The Morgan fingerprint density at radius 3 is 2.00 bits per heavy atom. The molecule has 0 heterocycles. The molecule has 0 fully saturated rings. The maximum atomic E-state index is 11.8. The molecule has 0 aliphatic carbocycles. The molecule has 0 bridgehead atoms. The minimum atomic E-state index is 0.0311. The van der Waals surface area contributed by atoms with Crippen LogP contribution in [0.2, 0.25) is 5.02 Å². The maximum absolute atomic E-state index is 11.8. The van der Waals surface area contributed by atoms with E-state index in [1.54, 1.807) is 6.92 Å².